The van der Waals surface area contributed by atoms with Gasteiger partial charge in [-0.25, -0.2) is 9.97 Å². The highest BCUT2D eigenvalue weighted by atomic mass is 16.2. The smallest absolute Gasteiger partial charge is 0.269 e. The van der Waals surface area contributed by atoms with E-state index >= 15 is 0 Å². The number of piperidine rings is 1. The molecule has 1 N–H and O–H groups in total. The Morgan fingerprint density at radius 2 is 1.96 bits per heavy atom. The van der Waals surface area contributed by atoms with Gasteiger partial charge < -0.3 is 14.5 Å². The monoisotopic (exact) mass is 380 g/mol. The van der Waals surface area contributed by atoms with Crippen molar-refractivity contribution in [3.05, 3.63) is 35.0 Å². The second kappa shape index (κ2) is 6.70. The number of hydrogen-bond donors (Lipinski definition) is 1. The zero-order chi connectivity index (χ0) is 19.3. The second-order valence-corrected chi connectivity index (χ2v) is 7.89. The molecule has 3 aromatic rings. The summed E-state index contributed by atoms with van der Waals surface area (Å²) in [7, 11) is 2.03. The van der Waals surface area contributed by atoms with E-state index < -0.39 is 0 Å². The molecular formula is C20H24N6O2. The quantitative estimate of drug-likeness (QED) is 0.729. The number of likely N-dealkylation sites (N-methyl/N-ethyl adjacent to an activating group) is 1. The van der Waals surface area contributed by atoms with Crippen molar-refractivity contribution in [2.45, 2.75) is 37.8 Å². The fourth-order valence-corrected chi connectivity index (χ4v) is 4.77. The van der Waals surface area contributed by atoms with E-state index in [1.54, 1.807) is 6.20 Å². The highest BCUT2D eigenvalue weighted by Gasteiger charge is 2.34. The molecule has 0 bridgehead atoms. The molecule has 8 nitrogen and oxygen atoms in total. The minimum absolute atomic E-state index is 0.0200. The van der Waals surface area contributed by atoms with Crippen LogP contribution in [0.5, 0.6) is 0 Å². The average molecular weight is 380 g/mol. The maximum absolute atomic E-state index is 12.9. The lowest BCUT2D eigenvalue weighted by atomic mass is 10.0. The molecule has 2 aliphatic heterocycles. The zero-order valence-electron chi connectivity index (χ0n) is 16.0. The van der Waals surface area contributed by atoms with Crippen molar-refractivity contribution in [2.24, 2.45) is 0 Å². The third-order valence-corrected chi connectivity index (χ3v) is 6.28. The number of nitrogens with one attached hydrogen (secondary N) is 1. The lowest BCUT2D eigenvalue weighted by molar-refractivity contribution is -0.136. The van der Waals surface area contributed by atoms with Gasteiger partial charge in [0.25, 0.3) is 5.56 Å². The highest BCUT2D eigenvalue weighted by molar-refractivity contribution is 6.00. The van der Waals surface area contributed by atoms with E-state index in [9.17, 15) is 9.59 Å². The van der Waals surface area contributed by atoms with Gasteiger partial charge in [0.15, 0.2) is 0 Å². The fraction of sp³-hybridized carbons (Fsp3) is 0.500. The summed E-state index contributed by atoms with van der Waals surface area (Å²) < 4.78 is 1.86. The summed E-state index contributed by atoms with van der Waals surface area (Å²) in [4.78, 5) is 41.5. The van der Waals surface area contributed by atoms with Crippen LogP contribution in [0.15, 0.2) is 29.5 Å². The molecule has 0 saturated carbocycles. The maximum atomic E-state index is 12.9. The largest absolute Gasteiger partial charge is 0.346 e. The Morgan fingerprint density at radius 3 is 2.71 bits per heavy atom. The van der Waals surface area contributed by atoms with E-state index in [1.807, 2.05) is 28.8 Å². The number of amides is 1. The topological polar surface area (TPSA) is 87.1 Å². The predicted octanol–water partition coefficient (Wildman–Crippen LogP) is 1.53. The van der Waals surface area contributed by atoms with Crippen LogP contribution in [0.4, 0.5) is 0 Å². The number of aromatic nitrogens is 4. The number of hydrogen-bond acceptors (Lipinski definition) is 5. The molecule has 0 radical (unpaired) electrons. The van der Waals surface area contributed by atoms with E-state index in [0.717, 1.165) is 54.3 Å². The van der Waals surface area contributed by atoms with Gasteiger partial charge >= 0.3 is 0 Å². The number of rotatable bonds is 2. The Morgan fingerprint density at radius 1 is 1.14 bits per heavy atom. The average Bonchev–Trinajstić information content (AvgIpc) is 3.36. The standard InChI is InChI=1S/C20H24N6O2/c1-24-8-2-3-16(24)20(28)25-9-5-13(6-10-25)26-17(27)12-22-15-11-23-19-14(18(15)26)4-7-21-19/h4,7,11-13,16H,2-3,5-6,8-10H2,1H3,(H,21,23). The SMILES string of the molecule is CN1CCCC1C(=O)N1CCC(n2c(=O)cnc3cnc4[nH]ccc4c32)CC1. The summed E-state index contributed by atoms with van der Waals surface area (Å²) in [5.74, 6) is 0.239. The normalized spacial score (nSPS) is 21.8. The number of pyridine rings is 1. The Balaban J connectivity index is 1.44. The summed E-state index contributed by atoms with van der Waals surface area (Å²) in [6, 6.07) is 2.02. The van der Waals surface area contributed by atoms with Crippen molar-refractivity contribution >= 4 is 28.0 Å². The van der Waals surface area contributed by atoms with Gasteiger partial charge in [-0.05, 0) is 45.3 Å². The lowest BCUT2D eigenvalue weighted by Gasteiger charge is -2.35. The Labute approximate surface area is 162 Å². The number of carbonyl (C=O) groups excluding carboxylic acids is 1. The highest BCUT2D eigenvalue weighted by Crippen LogP contribution is 2.29. The lowest BCUT2D eigenvalue weighted by Crippen LogP contribution is -2.48. The van der Waals surface area contributed by atoms with Crippen LogP contribution in [0.3, 0.4) is 0 Å². The van der Waals surface area contributed by atoms with Crippen LogP contribution in [0.2, 0.25) is 0 Å². The second-order valence-electron chi connectivity index (χ2n) is 7.89. The summed E-state index contributed by atoms with van der Waals surface area (Å²) >= 11 is 0. The number of nitrogens with zero attached hydrogens (tertiary/aromatic N) is 5. The van der Waals surface area contributed by atoms with Gasteiger partial charge in [0, 0.05) is 30.7 Å². The molecule has 2 fully saturated rings. The van der Waals surface area contributed by atoms with Crippen LogP contribution >= 0.6 is 0 Å². The molecule has 0 aliphatic carbocycles. The van der Waals surface area contributed by atoms with Gasteiger partial charge in [-0.15, -0.1) is 0 Å². The van der Waals surface area contributed by atoms with Crippen LogP contribution in [0.1, 0.15) is 31.7 Å². The first-order valence-corrected chi connectivity index (χ1v) is 9.96. The third-order valence-electron chi connectivity index (χ3n) is 6.28. The molecule has 1 amide bonds. The number of aromatic amines is 1. The van der Waals surface area contributed by atoms with Crippen molar-refractivity contribution < 1.29 is 4.79 Å². The van der Waals surface area contributed by atoms with Crippen molar-refractivity contribution in [2.75, 3.05) is 26.7 Å². The summed E-state index contributed by atoms with van der Waals surface area (Å²) in [5, 5.41) is 0.911. The summed E-state index contributed by atoms with van der Waals surface area (Å²) in [5.41, 5.74) is 2.21. The molecule has 1 atom stereocenters. The first kappa shape index (κ1) is 17.4. The van der Waals surface area contributed by atoms with Crippen molar-refractivity contribution in [3.8, 4) is 0 Å². The first-order valence-electron chi connectivity index (χ1n) is 9.96. The number of fused-ring (bicyclic) bond motifs is 3. The Bertz CT molecular complexity index is 1090. The van der Waals surface area contributed by atoms with Crippen LogP contribution in [0, 0.1) is 0 Å². The minimum atomic E-state index is -0.0958. The van der Waals surface area contributed by atoms with Gasteiger partial charge in [-0.3, -0.25) is 14.5 Å². The van der Waals surface area contributed by atoms with E-state index in [4.69, 9.17) is 0 Å². The Kier molecular flexibility index (Phi) is 4.16. The van der Waals surface area contributed by atoms with E-state index in [1.165, 1.54) is 6.20 Å². The van der Waals surface area contributed by atoms with Crippen molar-refractivity contribution in [1.29, 1.82) is 0 Å². The number of carbonyl (C=O) groups is 1. The Hall–Kier alpha value is -2.74. The summed E-state index contributed by atoms with van der Waals surface area (Å²) in [6.45, 7) is 2.36. The van der Waals surface area contributed by atoms with Crippen LogP contribution in [0.25, 0.3) is 22.1 Å². The van der Waals surface area contributed by atoms with Crippen LogP contribution in [-0.2, 0) is 4.79 Å². The molecule has 2 saturated heterocycles. The molecule has 5 rings (SSSR count). The van der Waals surface area contributed by atoms with Gasteiger partial charge in [-0.1, -0.05) is 0 Å². The number of H-pyrrole nitrogens is 1. The summed E-state index contributed by atoms with van der Waals surface area (Å²) in [6.07, 6.45) is 8.50. The molecule has 8 heteroatoms. The first-order chi connectivity index (χ1) is 13.6. The van der Waals surface area contributed by atoms with Crippen molar-refractivity contribution in [1.82, 2.24) is 29.3 Å². The van der Waals surface area contributed by atoms with E-state index in [0.29, 0.717) is 13.1 Å². The van der Waals surface area contributed by atoms with Crippen LogP contribution < -0.4 is 5.56 Å². The zero-order valence-corrected chi connectivity index (χ0v) is 16.0. The van der Waals surface area contributed by atoms with Crippen LogP contribution in [-0.4, -0.2) is 67.9 Å². The molecule has 1 unspecified atom stereocenters. The molecule has 5 heterocycles. The maximum Gasteiger partial charge on any atom is 0.269 e. The molecule has 28 heavy (non-hydrogen) atoms. The minimum Gasteiger partial charge on any atom is -0.346 e. The van der Waals surface area contributed by atoms with Crippen molar-refractivity contribution in [3.63, 3.8) is 0 Å². The molecule has 146 valence electrons. The molecule has 0 spiro atoms. The van der Waals surface area contributed by atoms with Gasteiger partial charge in [0.2, 0.25) is 5.91 Å². The van der Waals surface area contributed by atoms with Gasteiger partial charge in [-0.2, -0.15) is 0 Å². The third kappa shape index (κ3) is 2.71. The van der Waals surface area contributed by atoms with Gasteiger partial charge in [0.05, 0.1) is 24.0 Å². The molecule has 3 aromatic heterocycles. The van der Waals surface area contributed by atoms with Gasteiger partial charge in [0.1, 0.15) is 11.2 Å². The molecular weight excluding hydrogens is 356 g/mol. The molecule has 0 aromatic carbocycles. The van der Waals surface area contributed by atoms with E-state index in [-0.39, 0.29) is 23.6 Å². The number of likely N-dealkylation sites (tertiary alicyclic amines) is 2. The predicted molar refractivity (Wildman–Crippen MR) is 106 cm³/mol. The molecule has 2 aliphatic rings. The fourth-order valence-electron chi connectivity index (χ4n) is 4.77. The van der Waals surface area contributed by atoms with E-state index in [2.05, 4.69) is 19.9 Å².